The first-order chi connectivity index (χ1) is 8.33. The Morgan fingerprint density at radius 2 is 1.88 bits per heavy atom. The summed E-state index contributed by atoms with van der Waals surface area (Å²) in [6.45, 7) is 7.35. The lowest BCUT2D eigenvalue weighted by Crippen LogP contribution is -1.98. The van der Waals surface area contributed by atoms with E-state index in [1.165, 1.54) is 5.56 Å². The summed E-state index contributed by atoms with van der Waals surface area (Å²) in [6.07, 6.45) is 1.88. The molecule has 17 heavy (non-hydrogen) atoms. The molecule has 0 heterocycles. The van der Waals surface area contributed by atoms with Crippen LogP contribution in [0.4, 0.5) is 0 Å². The van der Waals surface area contributed by atoms with Gasteiger partial charge in [-0.05, 0) is 25.3 Å². The van der Waals surface area contributed by atoms with E-state index in [0.29, 0.717) is 6.61 Å². The zero-order valence-electron chi connectivity index (χ0n) is 11.1. The van der Waals surface area contributed by atoms with Crippen molar-refractivity contribution >= 4 is 0 Å². The van der Waals surface area contributed by atoms with Crippen molar-refractivity contribution in [1.82, 2.24) is 0 Å². The molecule has 0 saturated carbocycles. The van der Waals surface area contributed by atoms with Gasteiger partial charge in [-0.25, -0.2) is 0 Å². The summed E-state index contributed by atoms with van der Waals surface area (Å²) in [5.41, 5.74) is 1.20. The van der Waals surface area contributed by atoms with Crippen LogP contribution in [0.1, 0.15) is 39.2 Å². The molecule has 0 N–H and O–H groups in total. The summed E-state index contributed by atoms with van der Waals surface area (Å²) in [7, 11) is 0. The second-order valence-corrected chi connectivity index (χ2v) is 3.71. The number of benzene rings is 1. The fraction of sp³-hybridized carbons (Fsp3) is 0.533. The third-order valence-corrected chi connectivity index (χ3v) is 2.26. The van der Waals surface area contributed by atoms with Crippen LogP contribution in [-0.4, -0.2) is 6.61 Å². The molecule has 1 aromatic rings. The Morgan fingerprint density at radius 1 is 1.24 bits per heavy atom. The molecule has 2 nitrogen and oxygen atoms in total. The molecule has 0 saturated heterocycles. The summed E-state index contributed by atoms with van der Waals surface area (Å²) in [6, 6.07) is 12.3. The van der Waals surface area contributed by atoms with Crippen molar-refractivity contribution in [1.29, 1.82) is 5.26 Å². The average Bonchev–Trinajstić information content (AvgIpc) is 2.41. The van der Waals surface area contributed by atoms with Gasteiger partial charge in [-0.1, -0.05) is 44.2 Å². The Hall–Kier alpha value is -1.33. The normalized spacial score (nSPS) is 10.9. The topological polar surface area (TPSA) is 33.0 Å². The van der Waals surface area contributed by atoms with E-state index >= 15 is 0 Å². The van der Waals surface area contributed by atoms with Gasteiger partial charge in [0.25, 0.3) is 0 Å². The standard InChI is InChI=1S/C13H17NO.C2H6/c1-12(10-14)6-5-9-15-11-13-7-3-2-4-8-13;1-2/h2-4,7-8,12H,5-6,9,11H2,1H3;1-2H3. The molecule has 94 valence electrons. The van der Waals surface area contributed by atoms with E-state index in [0.717, 1.165) is 19.4 Å². The van der Waals surface area contributed by atoms with Gasteiger partial charge in [0.15, 0.2) is 0 Å². The molecule has 0 bridgehead atoms. The summed E-state index contributed by atoms with van der Waals surface area (Å²) in [4.78, 5) is 0. The highest BCUT2D eigenvalue weighted by atomic mass is 16.5. The monoisotopic (exact) mass is 233 g/mol. The Bertz CT molecular complexity index is 302. The third kappa shape index (κ3) is 8.47. The summed E-state index contributed by atoms with van der Waals surface area (Å²) in [5.74, 6) is 0.144. The van der Waals surface area contributed by atoms with Crippen molar-refractivity contribution in [2.24, 2.45) is 5.92 Å². The first-order valence-electron chi connectivity index (χ1n) is 6.34. The number of nitrogens with zero attached hydrogens (tertiary/aromatic N) is 1. The van der Waals surface area contributed by atoms with Crippen molar-refractivity contribution in [3.8, 4) is 6.07 Å². The molecular weight excluding hydrogens is 210 g/mol. The molecule has 1 unspecified atom stereocenters. The molecule has 0 spiro atoms. The van der Waals surface area contributed by atoms with Gasteiger partial charge in [0, 0.05) is 12.5 Å². The SMILES string of the molecule is CC.CC(C#N)CCCOCc1ccccc1. The van der Waals surface area contributed by atoms with E-state index in [2.05, 4.69) is 18.2 Å². The second-order valence-electron chi connectivity index (χ2n) is 3.71. The molecule has 2 heteroatoms. The van der Waals surface area contributed by atoms with Crippen LogP contribution in [0, 0.1) is 17.2 Å². The summed E-state index contributed by atoms with van der Waals surface area (Å²) < 4.78 is 5.51. The van der Waals surface area contributed by atoms with Crippen molar-refractivity contribution in [3.05, 3.63) is 35.9 Å². The molecule has 0 fully saturated rings. The van der Waals surface area contributed by atoms with Crippen molar-refractivity contribution < 1.29 is 4.74 Å². The van der Waals surface area contributed by atoms with E-state index < -0.39 is 0 Å². The number of rotatable bonds is 6. The first kappa shape index (κ1) is 15.7. The van der Waals surface area contributed by atoms with Crippen LogP contribution in [0.25, 0.3) is 0 Å². The summed E-state index contributed by atoms with van der Waals surface area (Å²) in [5, 5.41) is 8.58. The van der Waals surface area contributed by atoms with Crippen LogP contribution in [0.2, 0.25) is 0 Å². The quantitative estimate of drug-likeness (QED) is 0.691. The number of nitriles is 1. The van der Waals surface area contributed by atoms with Gasteiger partial charge in [-0.15, -0.1) is 0 Å². The van der Waals surface area contributed by atoms with Crippen molar-refractivity contribution in [2.45, 2.75) is 40.2 Å². The maximum absolute atomic E-state index is 8.58. The van der Waals surface area contributed by atoms with Crippen LogP contribution < -0.4 is 0 Å². The van der Waals surface area contributed by atoms with Crippen molar-refractivity contribution in [2.75, 3.05) is 6.61 Å². The van der Waals surface area contributed by atoms with Gasteiger partial charge in [-0.2, -0.15) is 5.26 Å². The number of hydrogen-bond donors (Lipinski definition) is 0. The molecule has 1 aromatic carbocycles. The van der Waals surface area contributed by atoms with Crippen LogP contribution >= 0.6 is 0 Å². The average molecular weight is 233 g/mol. The summed E-state index contributed by atoms with van der Waals surface area (Å²) >= 11 is 0. The molecule has 1 rings (SSSR count). The molecule has 0 amide bonds. The lowest BCUT2D eigenvalue weighted by atomic mass is 10.1. The Balaban J connectivity index is 0.00000121. The lowest BCUT2D eigenvalue weighted by molar-refractivity contribution is 0.115. The van der Waals surface area contributed by atoms with Gasteiger partial charge < -0.3 is 4.74 Å². The smallest absolute Gasteiger partial charge is 0.0716 e. The minimum atomic E-state index is 0.144. The maximum Gasteiger partial charge on any atom is 0.0716 e. The van der Waals surface area contributed by atoms with E-state index in [1.54, 1.807) is 0 Å². The zero-order chi connectivity index (χ0) is 12.9. The lowest BCUT2D eigenvalue weighted by Gasteiger charge is -2.04. The highest BCUT2D eigenvalue weighted by Crippen LogP contribution is 2.05. The fourth-order valence-electron chi connectivity index (χ4n) is 1.32. The Morgan fingerprint density at radius 3 is 2.47 bits per heavy atom. The Labute approximate surface area is 105 Å². The molecule has 0 aromatic heterocycles. The number of ether oxygens (including phenoxy) is 1. The van der Waals surface area contributed by atoms with E-state index in [1.807, 2.05) is 39.0 Å². The molecule has 0 aliphatic heterocycles. The van der Waals surface area contributed by atoms with Crippen molar-refractivity contribution in [3.63, 3.8) is 0 Å². The first-order valence-corrected chi connectivity index (χ1v) is 6.34. The second kappa shape index (κ2) is 11.2. The van der Waals surface area contributed by atoms with Gasteiger partial charge in [0.1, 0.15) is 0 Å². The highest BCUT2D eigenvalue weighted by molar-refractivity contribution is 5.13. The van der Waals surface area contributed by atoms with Crippen LogP contribution in [0.3, 0.4) is 0 Å². The van der Waals surface area contributed by atoms with Crippen LogP contribution in [0.5, 0.6) is 0 Å². The van der Waals surface area contributed by atoms with Gasteiger partial charge >= 0.3 is 0 Å². The maximum atomic E-state index is 8.58. The van der Waals surface area contributed by atoms with Gasteiger partial charge in [0.2, 0.25) is 0 Å². The number of hydrogen-bond acceptors (Lipinski definition) is 2. The van der Waals surface area contributed by atoms with Gasteiger partial charge in [-0.3, -0.25) is 0 Å². The molecule has 0 aliphatic rings. The van der Waals surface area contributed by atoms with E-state index in [4.69, 9.17) is 10.00 Å². The zero-order valence-corrected chi connectivity index (χ0v) is 11.1. The molecule has 1 atom stereocenters. The molecule has 0 aliphatic carbocycles. The largest absolute Gasteiger partial charge is 0.377 e. The predicted molar refractivity (Wildman–Crippen MR) is 71.5 cm³/mol. The molecule has 0 radical (unpaired) electrons. The Kier molecular flexibility index (Phi) is 10.3. The van der Waals surface area contributed by atoms with E-state index in [-0.39, 0.29) is 5.92 Å². The fourth-order valence-corrected chi connectivity index (χ4v) is 1.32. The molecular formula is C15H23NO. The minimum Gasteiger partial charge on any atom is -0.377 e. The predicted octanol–water partition coefficient (Wildman–Crippen LogP) is 4.17. The van der Waals surface area contributed by atoms with Crippen LogP contribution in [-0.2, 0) is 11.3 Å². The van der Waals surface area contributed by atoms with Crippen LogP contribution in [0.15, 0.2) is 30.3 Å². The third-order valence-electron chi connectivity index (χ3n) is 2.26. The highest BCUT2D eigenvalue weighted by Gasteiger charge is 1.98. The van der Waals surface area contributed by atoms with Gasteiger partial charge in [0.05, 0.1) is 12.7 Å². The minimum absolute atomic E-state index is 0.144. The van der Waals surface area contributed by atoms with E-state index in [9.17, 15) is 0 Å².